The Kier molecular flexibility index (Phi) is 17.2. The maximum Gasteiger partial charge on any atom is 0.473 e. The van der Waals surface area contributed by atoms with Crippen LogP contribution in [0.4, 0.5) is 184 Å². The van der Waals surface area contributed by atoms with Crippen molar-refractivity contribution in [2.75, 3.05) is 0 Å². The van der Waals surface area contributed by atoms with Crippen LogP contribution >= 0.6 is 0 Å². The number of hydrogen-bond donors (Lipinski definition) is 1. The molecule has 0 aliphatic rings. The zero-order chi connectivity index (χ0) is 62.1. The second-order valence-electron chi connectivity index (χ2n) is 13.7. The second kappa shape index (κ2) is 18.2. The molecule has 0 heterocycles. The molecule has 0 bridgehead atoms. The normalized spacial score (nSPS) is 17.0. The van der Waals surface area contributed by atoms with Crippen molar-refractivity contribution in [3.05, 3.63) is 0 Å². The van der Waals surface area contributed by atoms with Gasteiger partial charge >= 0.3 is 131 Å². The van der Waals surface area contributed by atoms with E-state index in [1.54, 1.807) is 4.74 Å². The third-order valence-corrected chi connectivity index (χ3v) is 9.81. The van der Waals surface area contributed by atoms with Crippen LogP contribution in [0.1, 0.15) is 12.8 Å². The van der Waals surface area contributed by atoms with Crippen molar-refractivity contribution >= 4 is 22.1 Å². The number of rotatable bonds is 23. The molecule has 0 aliphatic carbocycles. The Morgan fingerprint density at radius 2 is 0.480 bits per heavy atom. The van der Waals surface area contributed by atoms with Crippen LogP contribution in [-0.2, 0) is 29.2 Å². The predicted molar refractivity (Wildman–Crippen MR) is 138 cm³/mol. The molecule has 75 heavy (non-hydrogen) atoms. The van der Waals surface area contributed by atoms with Crippen molar-refractivity contribution in [3.63, 3.8) is 0 Å². The third kappa shape index (κ3) is 9.64. The van der Waals surface area contributed by atoms with Crippen LogP contribution in [0.3, 0.4) is 0 Å². The fourth-order valence-corrected chi connectivity index (χ4v) is 4.95. The molecular formula is C25H6F42O7S. The first-order valence-electron chi connectivity index (χ1n) is 16.0. The first-order valence-corrected chi connectivity index (χ1v) is 17.5. The Hall–Kier alpha value is -4.09. The standard InChI is InChI=1S/C25H6F42O7S/c26-6(27,10(34,35)14(42,43)18(50,51)22(58,59)60)8(30,31)12(38,39)16(46,47)20(54,55)24(64,65)73-4(68)2-1-3(75(70,71)72)5(69)74-25(66,67)21(56,57)17(48,49)13(40,41)9(32,33)7(28,29)11(36,37)15(44,45)19(52,53)23(61,62)63/h3H,1-2H2,(H,70,71,72). The summed E-state index contributed by atoms with van der Waals surface area (Å²) in [7, 11) is -7.37. The number of carbonyl (C=O) groups excluding carboxylic acids is 2. The van der Waals surface area contributed by atoms with Crippen molar-refractivity contribution < 1.29 is 216 Å². The summed E-state index contributed by atoms with van der Waals surface area (Å²) in [6.07, 6.45) is -40.7. The predicted octanol–water partition coefficient (Wildman–Crippen LogP) is 12.6. The molecule has 50 heteroatoms. The molecule has 1 atom stereocenters. The van der Waals surface area contributed by atoms with E-state index in [9.17, 15) is 202 Å². The van der Waals surface area contributed by atoms with Crippen LogP contribution in [0.15, 0.2) is 0 Å². The minimum atomic E-state index is -9.88. The molecule has 0 radical (unpaired) electrons. The van der Waals surface area contributed by atoms with Gasteiger partial charge in [0.25, 0.3) is 10.1 Å². The van der Waals surface area contributed by atoms with Gasteiger partial charge in [0.05, 0.1) is 0 Å². The Balaban J connectivity index is 7.14. The van der Waals surface area contributed by atoms with E-state index in [1.165, 1.54) is 0 Å². The largest absolute Gasteiger partial charge is 0.473 e. The summed E-state index contributed by atoms with van der Waals surface area (Å²) in [4.78, 5) is 23.3. The van der Waals surface area contributed by atoms with Crippen LogP contribution in [0.5, 0.6) is 0 Å². The molecule has 0 aliphatic heterocycles. The van der Waals surface area contributed by atoms with E-state index in [-0.39, 0.29) is 0 Å². The van der Waals surface area contributed by atoms with Gasteiger partial charge in [-0.05, 0) is 6.42 Å². The Morgan fingerprint density at radius 1 is 0.307 bits per heavy atom. The summed E-state index contributed by atoms with van der Waals surface area (Å²) >= 11 is 0. The molecule has 0 rings (SSSR count). The number of ether oxygens (including phenoxy) is 2. The fourth-order valence-electron chi connectivity index (χ4n) is 4.24. The Bertz CT molecular complexity index is 2220. The summed E-state index contributed by atoms with van der Waals surface area (Å²) in [5.41, 5.74) is 0. The summed E-state index contributed by atoms with van der Waals surface area (Å²) < 4.78 is 601. The highest BCUT2D eigenvalue weighted by Crippen LogP contribution is 2.69. The maximum atomic E-state index is 14.1. The molecule has 0 saturated carbocycles. The van der Waals surface area contributed by atoms with Gasteiger partial charge in [-0.2, -0.15) is 193 Å². The molecule has 0 aromatic rings. The highest BCUT2D eigenvalue weighted by Gasteiger charge is 3.00. The molecule has 0 amide bonds. The summed E-state index contributed by atoms with van der Waals surface area (Å²) in [5.74, 6) is -161. The van der Waals surface area contributed by atoms with Crippen LogP contribution < -0.4 is 0 Å². The van der Waals surface area contributed by atoms with E-state index in [1.807, 2.05) is 4.74 Å². The molecule has 1 N–H and O–H groups in total. The van der Waals surface area contributed by atoms with Gasteiger partial charge in [-0.15, -0.1) is 0 Å². The first-order chi connectivity index (χ1) is 31.6. The van der Waals surface area contributed by atoms with Gasteiger partial charge in [0.2, 0.25) is 0 Å². The lowest BCUT2D eigenvalue weighted by Gasteiger charge is -2.44. The van der Waals surface area contributed by atoms with E-state index >= 15 is 0 Å². The van der Waals surface area contributed by atoms with Gasteiger partial charge in [0.1, 0.15) is 0 Å². The van der Waals surface area contributed by atoms with E-state index in [0.717, 1.165) is 0 Å². The minimum Gasteiger partial charge on any atom is -0.396 e. The second-order valence-corrected chi connectivity index (χ2v) is 15.3. The van der Waals surface area contributed by atoms with Gasteiger partial charge in [-0.3, -0.25) is 14.1 Å². The highest BCUT2D eigenvalue weighted by molar-refractivity contribution is 7.87. The van der Waals surface area contributed by atoms with Crippen LogP contribution in [-0.4, -0.2) is 149 Å². The van der Waals surface area contributed by atoms with E-state index in [4.69, 9.17) is 4.55 Å². The van der Waals surface area contributed by atoms with Crippen molar-refractivity contribution in [3.8, 4) is 0 Å². The smallest absolute Gasteiger partial charge is 0.396 e. The molecule has 0 aromatic heterocycles. The third-order valence-electron chi connectivity index (χ3n) is 8.67. The molecule has 1 unspecified atom stereocenters. The number of hydrogen-bond acceptors (Lipinski definition) is 6. The topological polar surface area (TPSA) is 107 Å². The zero-order valence-corrected chi connectivity index (χ0v) is 33.0. The molecule has 0 spiro atoms. The van der Waals surface area contributed by atoms with E-state index in [2.05, 4.69) is 0 Å². The lowest BCUT2D eigenvalue weighted by Crippen LogP contribution is -2.77. The summed E-state index contributed by atoms with van der Waals surface area (Å²) in [5, 5.41) is -4.99. The summed E-state index contributed by atoms with van der Waals surface area (Å²) in [6, 6.07) is 0. The molecule has 0 fully saturated rings. The van der Waals surface area contributed by atoms with E-state index in [0.29, 0.717) is 0 Å². The van der Waals surface area contributed by atoms with Gasteiger partial charge in [-0.1, -0.05) is 0 Å². The lowest BCUT2D eigenvalue weighted by molar-refractivity contribution is -0.482. The van der Waals surface area contributed by atoms with Crippen molar-refractivity contribution in [1.29, 1.82) is 0 Å². The zero-order valence-electron chi connectivity index (χ0n) is 32.2. The van der Waals surface area contributed by atoms with Crippen LogP contribution in [0, 0.1) is 0 Å². The minimum absolute atomic E-state index is 1.75. The summed E-state index contributed by atoms with van der Waals surface area (Å²) in [6.45, 7) is 0. The highest BCUT2D eigenvalue weighted by atomic mass is 32.2. The average molecular weight is 1250 g/mol. The number of halogens is 42. The van der Waals surface area contributed by atoms with Gasteiger partial charge in [0.15, 0.2) is 5.25 Å². The molecule has 7 nitrogen and oxygen atoms in total. The quantitative estimate of drug-likeness (QED) is 0.0617. The van der Waals surface area contributed by atoms with Crippen molar-refractivity contribution in [1.82, 2.24) is 0 Å². The fraction of sp³-hybridized carbons (Fsp3) is 0.920. The SMILES string of the molecule is O=C(CCC(C(=O)OC(F)(F)C(F)(F)C(F)(F)C(F)(F)C(F)(F)C(F)(F)C(F)(F)C(F)(F)C(F)(F)C(F)(F)F)S(=O)(=O)O)OC(F)(F)C(F)(F)C(F)(F)C(F)(F)C(F)(F)C(F)(F)C(F)(F)C(F)(F)C(F)(F)C(F)(F)F. The van der Waals surface area contributed by atoms with Gasteiger partial charge < -0.3 is 9.47 Å². The number of esters is 2. The van der Waals surface area contributed by atoms with Crippen molar-refractivity contribution in [2.24, 2.45) is 0 Å². The van der Waals surface area contributed by atoms with Crippen LogP contribution in [0.25, 0.3) is 0 Å². The maximum absolute atomic E-state index is 14.1. The first kappa shape index (κ1) is 70.9. The molecule has 448 valence electrons. The Morgan fingerprint density at radius 3 is 0.667 bits per heavy atom. The number of carbonyl (C=O) groups is 2. The Labute approximate surface area is 377 Å². The van der Waals surface area contributed by atoms with Crippen LogP contribution in [0.2, 0.25) is 0 Å². The van der Waals surface area contributed by atoms with Gasteiger partial charge in [-0.25, -0.2) is 0 Å². The monoisotopic (exact) mass is 1250 g/mol. The van der Waals surface area contributed by atoms with Crippen molar-refractivity contribution in [2.45, 2.75) is 137 Å². The van der Waals surface area contributed by atoms with E-state index < -0.39 is 159 Å². The average Bonchev–Trinajstić information content (AvgIpc) is 3.14. The molecular weight excluding hydrogens is 1240 g/mol. The van der Waals surface area contributed by atoms with Gasteiger partial charge in [0, 0.05) is 6.42 Å². The molecule has 0 aromatic carbocycles. The number of alkyl halides is 42. The molecule has 0 saturated heterocycles. The lowest BCUT2D eigenvalue weighted by atomic mass is 9.87.